The SMILES string of the molecule is Cc1c(C(=O)N2CCCNCC2)c(=O)oc2ccccc12.Cl. The zero-order valence-corrected chi connectivity index (χ0v) is 13.2. The van der Waals surface area contributed by atoms with Crippen molar-refractivity contribution in [2.75, 3.05) is 26.2 Å². The molecule has 0 aliphatic carbocycles. The van der Waals surface area contributed by atoms with Crippen LogP contribution >= 0.6 is 12.4 Å². The van der Waals surface area contributed by atoms with Gasteiger partial charge in [-0.15, -0.1) is 12.4 Å². The average molecular weight is 323 g/mol. The molecule has 6 heteroatoms. The van der Waals surface area contributed by atoms with Gasteiger partial charge in [-0.25, -0.2) is 4.79 Å². The van der Waals surface area contributed by atoms with E-state index in [9.17, 15) is 9.59 Å². The van der Waals surface area contributed by atoms with Crippen molar-refractivity contribution < 1.29 is 9.21 Å². The largest absolute Gasteiger partial charge is 0.422 e. The monoisotopic (exact) mass is 322 g/mol. The summed E-state index contributed by atoms with van der Waals surface area (Å²) >= 11 is 0. The smallest absolute Gasteiger partial charge is 0.349 e. The van der Waals surface area contributed by atoms with Crippen molar-refractivity contribution in [1.82, 2.24) is 10.2 Å². The maximum Gasteiger partial charge on any atom is 0.349 e. The summed E-state index contributed by atoms with van der Waals surface area (Å²) in [6.07, 6.45) is 0.893. The van der Waals surface area contributed by atoms with E-state index in [2.05, 4.69) is 5.32 Å². The Morgan fingerprint density at radius 2 is 2.00 bits per heavy atom. The molecule has 1 aliphatic heterocycles. The summed E-state index contributed by atoms with van der Waals surface area (Å²) in [5, 5.41) is 4.06. The number of hydrogen-bond acceptors (Lipinski definition) is 4. The third kappa shape index (κ3) is 3.00. The Balaban J connectivity index is 0.00000176. The Bertz CT molecular complexity index is 734. The summed E-state index contributed by atoms with van der Waals surface area (Å²) in [5.74, 6) is -0.226. The zero-order valence-electron chi connectivity index (χ0n) is 12.4. The molecular weight excluding hydrogens is 304 g/mol. The van der Waals surface area contributed by atoms with Crippen LogP contribution in [0.1, 0.15) is 22.3 Å². The molecule has 118 valence electrons. The predicted molar refractivity (Wildman–Crippen MR) is 87.9 cm³/mol. The van der Waals surface area contributed by atoms with Crippen LogP contribution in [0.4, 0.5) is 0 Å². The molecule has 5 nitrogen and oxygen atoms in total. The van der Waals surface area contributed by atoms with Crippen LogP contribution in [0.25, 0.3) is 11.0 Å². The molecule has 0 radical (unpaired) electrons. The summed E-state index contributed by atoms with van der Waals surface area (Å²) in [6, 6.07) is 7.30. The molecule has 1 aromatic carbocycles. The molecule has 0 atom stereocenters. The highest BCUT2D eigenvalue weighted by Gasteiger charge is 2.24. The van der Waals surface area contributed by atoms with Gasteiger partial charge in [0, 0.05) is 25.0 Å². The normalized spacial score (nSPS) is 15.2. The summed E-state index contributed by atoms with van der Waals surface area (Å²) in [4.78, 5) is 26.6. The Kier molecular flexibility index (Phi) is 5.21. The maximum absolute atomic E-state index is 12.7. The fourth-order valence-corrected chi connectivity index (χ4v) is 2.76. The van der Waals surface area contributed by atoms with Gasteiger partial charge in [0.1, 0.15) is 11.1 Å². The van der Waals surface area contributed by atoms with Crippen molar-refractivity contribution in [3.8, 4) is 0 Å². The molecule has 1 aromatic heterocycles. The number of para-hydroxylation sites is 1. The Hall–Kier alpha value is -1.85. The highest BCUT2D eigenvalue weighted by Crippen LogP contribution is 2.20. The first kappa shape index (κ1) is 16.5. The van der Waals surface area contributed by atoms with Crippen LogP contribution in [0.5, 0.6) is 0 Å². The van der Waals surface area contributed by atoms with Crippen LogP contribution in [0.15, 0.2) is 33.5 Å². The standard InChI is InChI=1S/C16H18N2O3.ClH/c1-11-12-5-2-3-6-13(12)21-16(20)14(11)15(19)18-9-4-7-17-8-10-18;/h2-3,5-6,17H,4,7-10H2,1H3;1H. The van der Waals surface area contributed by atoms with Gasteiger partial charge in [0.05, 0.1) is 0 Å². The second-order valence-corrected chi connectivity index (χ2v) is 5.28. The Morgan fingerprint density at radius 3 is 2.82 bits per heavy atom. The van der Waals surface area contributed by atoms with Crippen molar-refractivity contribution in [3.63, 3.8) is 0 Å². The molecule has 3 rings (SSSR count). The van der Waals surface area contributed by atoms with Crippen LogP contribution in [0, 0.1) is 6.92 Å². The molecule has 1 fully saturated rings. The molecule has 0 spiro atoms. The first-order valence-electron chi connectivity index (χ1n) is 7.21. The van der Waals surface area contributed by atoms with Crippen LogP contribution in [-0.4, -0.2) is 37.0 Å². The van der Waals surface area contributed by atoms with Gasteiger partial charge in [-0.2, -0.15) is 0 Å². The van der Waals surface area contributed by atoms with E-state index in [1.165, 1.54) is 0 Å². The fourth-order valence-electron chi connectivity index (χ4n) is 2.76. The van der Waals surface area contributed by atoms with E-state index in [-0.39, 0.29) is 23.9 Å². The minimum absolute atomic E-state index is 0. The molecule has 0 saturated carbocycles. The number of nitrogens with zero attached hydrogens (tertiary/aromatic N) is 1. The van der Waals surface area contributed by atoms with Crippen LogP contribution in [-0.2, 0) is 0 Å². The van der Waals surface area contributed by atoms with Crippen molar-refractivity contribution >= 4 is 29.3 Å². The molecule has 2 heterocycles. The first-order chi connectivity index (χ1) is 10.2. The van der Waals surface area contributed by atoms with Gasteiger partial charge in [0.25, 0.3) is 5.91 Å². The molecule has 22 heavy (non-hydrogen) atoms. The summed E-state index contributed by atoms with van der Waals surface area (Å²) in [6.45, 7) is 4.74. The lowest BCUT2D eigenvalue weighted by molar-refractivity contribution is 0.0761. The number of aryl methyl sites for hydroxylation is 1. The zero-order chi connectivity index (χ0) is 14.8. The summed E-state index contributed by atoms with van der Waals surface area (Å²) in [5.41, 5.74) is 0.835. The quantitative estimate of drug-likeness (QED) is 0.815. The molecule has 0 bridgehead atoms. The van der Waals surface area contributed by atoms with Gasteiger partial charge in [-0.3, -0.25) is 4.79 Å². The number of nitrogens with one attached hydrogen (secondary N) is 1. The predicted octanol–water partition coefficient (Wildman–Crippen LogP) is 1.96. The van der Waals surface area contributed by atoms with Gasteiger partial charge in [-0.1, -0.05) is 18.2 Å². The minimum Gasteiger partial charge on any atom is -0.422 e. The Labute approximate surface area is 134 Å². The van der Waals surface area contributed by atoms with Crippen molar-refractivity contribution in [2.45, 2.75) is 13.3 Å². The first-order valence-corrected chi connectivity index (χ1v) is 7.21. The topological polar surface area (TPSA) is 62.6 Å². The maximum atomic E-state index is 12.7. The van der Waals surface area contributed by atoms with E-state index >= 15 is 0 Å². The summed E-state index contributed by atoms with van der Waals surface area (Å²) in [7, 11) is 0. The molecule has 1 saturated heterocycles. The van der Waals surface area contributed by atoms with Crippen molar-refractivity contribution in [3.05, 3.63) is 45.8 Å². The van der Waals surface area contributed by atoms with Crippen LogP contribution < -0.4 is 10.9 Å². The average Bonchev–Trinajstić information content (AvgIpc) is 2.76. The van der Waals surface area contributed by atoms with E-state index < -0.39 is 5.63 Å². The highest BCUT2D eigenvalue weighted by molar-refractivity contribution is 5.99. The number of amides is 1. The molecule has 1 N–H and O–H groups in total. The molecule has 1 aliphatic rings. The number of benzene rings is 1. The van der Waals surface area contributed by atoms with Gasteiger partial charge in [0.15, 0.2) is 0 Å². The van der Waals surface area contributed by atoms with Crippen LogP contribution in [0.3, 0.4) is 0 Å². The minimum atomic E-state index is -0.548. The lowest BCUT2D eigenvalue weighted by atomic mass is 10.0. The van der Waals surface area contributed by atoms with Gasteiger partial charge >= 0.3 is 5.63 Å². The van der Waals surface area contributed by atoms with Crippen LogP contribution in [0.2, 0.25) is 0 Å². The Morgan fingerprint density at radius 1 is 1.23 bits per heavy atom. The lowest BCUT2D eigenvalue weighted by Crippen LogP contribution is -2.37. The van der Waals surface area contributed by atoms with Crippen molar-refractivity contribution in [2.24, 2.45) is 0 Å². The fraction of sp³-hybridized carbons (Fsp3) is 0.375. The van der Waals surface area contributed by atoms with E-state index in [4.69, 9.17) is 4.42 Å². The molecule has 1 amide bonds. The second kappa shape index (κ2) is 6.94. The number of fused-ring (bicyclic) bond motifs is 1. The van der Waals surface area contributed by atoms with Gasteiger partial charge in [-0.05, 0) is 31.5 Å². The molecule has 0 unspecified atom stereocenters. The van der Waals surface area contributed by atoms with Crippen molar-refractivity contribution in [1.29, 1.82) is 0 Å². The molecule has 2 aromatic rings. The lowest BCUT2D eigenvalue weighted by Gasteiger charge is -2.20. The number of hydrogen-bond donors (Lipinski definition) is 1. The number of halogens is 1. The number of rotatable bonds is 1. The highest BCUT2D eigenvalue weighted by atomic mass is 35.5. The van der Waals surface area contributed by atoms with E-state index in [1.54, 1.807) is 11.0 Å². The molecular formula is C16H19ClN2O3. The van der Waals surface area contributed by atoms with E-state index in [0.717, 1.165) is 24.9 Å². The third-order valence-electron chi connectivity index (χ3n) is 3.91. The third-order valence-corrected chi connectivity index (χ3v) is 3.91. The van der Waals surface area contributed by atoms with Gasteiger partial charge < -0.3 is 14.6 Å². The number of carbonyl (C=O) groups excluding carboxylic acids is 1. The summed E-state index contributed by atoms with van der Waals surface area (Å²) < 4.78 is 5.30. The van der Waals surface area contributed by atoms with E-state index in [1.807, 2.05) is 25.1 Å². The second-order valence-electron chi connectivity index (χ2n) is 5.28. The van der Waals surface area contributed by atoms with Gasteiger partial charge in [0.2, 0.25) is 0 Å². The number of carbonyl (C=O) groups is 1. The van der Waals surface area contributed by atoms with E-state index in [0.29, 0.717) is 24.2 Å².